The molecule has 3 aromatic rings. The Bertz CT molecular complexity index is 816. The third kappa shape index (κ3) is 2.57. The van der Waals surface area contributed by atoms with Crippen molar-refractivity contribution in [1.82, 2.24) is 14.8 Å². The van der Waals surface area contributed by atoms with Crippen molar-refractivity contribution in [2.75, 3.05) is 5.73 Å². The van der Waals surface area contributed by atoms with Gasteiger partial charge in [0.1, 0.15) is 17.3 Å². The second-order valence-electron chi connectivity index (χ2n) is 4.37. The molecule has 3 rings (SSSR count). The van der Waals surface area contributed by atoms with E-state index in [9.17, 15) is 8.78 Å². The molecule has 0 fully saturated rings. The Morgan fingerprint density at radius 1 is 1.14 bits per heavy atom. The van der Waals surface area contributed by atoms with Crippen LogP contribution in [0.15, 0.2) is 42.9 Å². The average molecular weight is 307 g/mol. The van der Waals surface area contributed by atoms with Crippen LogP contribution in [0.5, 0.6) is 0 Å². The van der Waals surface area contributed by atoms with Crippen LogP contribution in [-0.2, 0) is 0 Å². The summed E-state index contributed by atoms with van der Waals surface area (Å²) in [6.07, 6.45) is 4.06. The van der Waals surface area contributed by atoms with E-state index in [1.807, 2.05) is 0 Å². The van der Waals surface area contributed by atoms with E-state index in [1.165, 1.54) is 35.3 Å². The second-order valence-corrected chi connectivity index (χ2v) is 4.78. The zero-order chi connectivity index (χ0) is 15.0. The predicted octanol–water partition coefficient (Wildman–Crippen LogP) is 3.45. The summed E-state index contributed by atoms with van der Waals surface area (Å²) >= 11 is 5.64. The molecule has 0 spiro atoms. The lowest BCUT2D eigenvalue weighted by Gasteiger charge is -2.02. The minimum Gasteiger partial charge on any atom is -0.396 e. The van der Waals surface area contributed by atoms with E-state index in [0.717, 1.165) is 6.20 Å². The first-order chi connectivity index (χ1) is 10.0. The number of nitrogens with zero attached hydrogens (tertiary/aromatic N) is 3. The van der Waals surface area contributed by atoms with Gasteiger partial charge < -0.3 is 5.73 Å². The lowest BCUT2D eigenvalue weighted by atomic mass is 10.2. The molecule has 7 heteroatoms. The maximum atomic E-state index is 13.5. The number of benzene rings is 1. The van der Waals surface area contributed by atoms with Crippen LogP contribution in [0, 0.1) is 11.6 Å². The van der Waals surface area contributed by atoms with Gasteiger partial charge in [-0.05, 0) is 18.2 Å². The first-order valence-corrected chi connectivity index (χ1v) is 6.34. The summed E-state index contributed by atoms with van der Waals surface area (Å²) in [6.45, 7) is 0. The third-order valence-electron chi connectivity index (χ3n) is 2.89. The molecule has 0 aliphatic rings. The predicted molar refractivity (Wildman–Crippen MR) is 76.1 cm³/mol. The first-order valence-electron chi connectivity index (χ1n) is 5.96. The molecule has 0 atom stereocenters. The van der Waals surface area contributed by atoms with Gasteiger partial charge in [-0.15, -0.1) is 0 Å². The minimum atomic E-state index is -0.558. The molecule has 2 heterocycles. The Hall–Kier alpha value is -2.47. The van der Waals surface area contributed by atoms with E-state index in [0.29, 0.717) is 22.6 Å². The lowest BCUT2D eigenvalue weighted by Crippen LogP contribution is -1.96. The summed E-state index contributed by atoms with van der Waals surface area (Å²) in [5.74, 6) is -1.05. The third-order valence-corrected chi connectivity index (χ3v) is 3.20. The van der Waals surface area contributed by atoms with Crippen LogP contribution in [0.4, 0.5) is 14.5 Å². The van der Waals surface area contributed by atoms with Crippen LogP contribution in [0.2, 0.25) is 5.02 Å². The van der Waals surface area contributed by atoms with E-state index < -0.39 is 11.6 Å². The maximum absolute atomic E-state index is 13.5. The van der Waals surface area contributed by atoms with Crippen molar-refractivity contribution in [3.05, 3.63) is 59.5 Å². The molecule has 0 amide bonds. The lowest BCUT2D eigenvalue weighted by molar-refractivity contribution is 0.622. The van der Waals surface area contributed by atoms with Crippen LogP contribution in [0.3, 0.4) is 0 Å². The van der Waals surface area contributed by atoms with Crippen molar-refractivity contribution in [2.24, 2.45) is 0 Å². The SMILES string of the molecule is Nc1cn(-c2ccc(Cl)c(F)c2)nc1-c1cncc(F)c1. The first kappa shape index (κ1) is 13.5. The number of halogens is 3. The molecule has 106 valence electrons. The van der Waals surface area contributed by atoms with Gasteiger partial charge in [-0.25, -0.2) is 13.5 Å². The van der Waals surface area contributed by atoms with Gasteiger partial charge >= 0.3 is 0 Å². The van der Waals surface area contributed by atoms with Crippen molar-refractivity contribution in [1.29, 1.82) is 0 Å². The highest BCUT2D eigenvalue weighted by molar-refractivity contribution is 6.30. The molecule has 0 bridgehead atoms. The molecular weight excluding hydrogens is 298 g/mol. The number of nitrogen functional groups attached to an aromatic ring is 1. The normalized spacial score (nSPS) is 10.8. The van der Waals surface area contributed by atoms with Crippen LogP contribution in [0.25, 0.3) is 16.9 Å². The molecule has 0 aliphatic carbocycles. The smallest absolute Gasteiger partial charge is 0.143 e. The Morgan fingerprint density at radius 2 is 1.95 bits per heavy atom. The molecule has 21 heavy (non-hydrogen) atoms. The molecular formula is C14H9ClF2N4. The van der Waals surface area contributed by atoms with Crippen molar-refractivity contribution < 1.29 is 8.78 Å². The topological polar surface area (TPSA) is 56.7 Å². The Balaban J connectivity index is 2.07. The zero-order valence-electron chi connectivity index (χ0n) is 10.6. The molecule has 0 saturated heterocycles. The number of nitrogens with two attached hydrogens (primary N) is 1. The van der Waals surface area contributed by atoms with Crippen molar-refractivity contribution in [3.63, 3.8) is 0 Å². The van der Waals surface area contributed by atoms with Gasteiger partial charge in [0, 0.05) is 17.8 Å². The minimum absolute atomic E-state index is 0.0217. The van der Waals surface area contributed by atoms with Crippen molar-refractivity contribution in [3.8, 4) is 16.9 Å². The van der Waals surface area contributed by atoms with Crippen LogP contribution >= 0.6 is 11.6 Å². The van der Waals surface area contributed by atoms with E-state index in [1.54, 1.807) is 6.07 Å². The fraction of sp³-hybridized carbons (Fsp3) is 0. The van der Waals surface area contributed by atoms with Crippen molar-refractivity contribution in [2.45, 2.75) is 0 Å². The number of anilines is 1. The molecule has 2 aromatic heterocycles. The molecule has 0 unspecified atom stereocenters. The molecule has 4 nitrogen and oxygen atoms in total. The summed E-state index contributed by atoms with van der Waals surface area (Å²) in [7, 11) is 0. The number of rotatable bonds is 2. The summed E-state index contributed by atoms with van der Waals surface area (Å²) in [5.41, 5.74) is 7.48. The Morgan fingerprint density at radius 3 is 2.67 bits per heavy atom. The maximum Gasteiger partial charge on any atom is 0.143 e. The molecule has 0 radical (unpaired) electrons. The van der Waals surface area contributed by atoms with Crippen LogP contribution in [-0.4, -0.2) is 14.8 Å². The molecule has 2 N–H and O–H groups in total. The van der Waals surface area contributed by atoms with E-state index in [-0.39, 0.29) is 5.02 Å². The van der Waals surface area contributed by atoms with E-state index >= 15 is 0 Å². The standard InChI is InChI=1S/C14H9ClF2N4/c15-11-2-1-10(4-12(11)17)21-7-13(18)14(20-21)8-3-9(16)6-19-5-8/h1-7H,18H2. The summed E-state index contributed by atoms with van der Waals surface area (Å²) in [6, 6.07) is 5.54. The highest BCUT2D eigenvalue weighted by Crippen LogP contribution is 2.26. The number of aromatic nitrogens is 3. The van der Waals surface area contributed by atoms with Gasteiger partial charge in [-0.2, -0.15) is 5.10 Å². The van der Waals surface area contributed by atoms with Gasteiger partial charge in [0.05, 0.1) is 28.8 Å². The fourth-order valence-corrected chi connectivity index (χ4v) is 2.03. The summed E-state index contributed by atoms with van der Waals surface area (Å²) in [4.78, 5) is 3.75. The molecule has 0 saturated carbocycles. The summed E-state index contributed by atoms with van der Waals surface area (Å²) in [5, 5.41) is 4.26. The molecule has 1 aromatic carbocycles. The molecule has 0 aliphatic heterocycles. The monoisotopic (exact) mass is 306 g/mol. The second kappa shape index (κ2) is 5.14. The van der Waals surface area contributed by atoms with Gasteiger partial charge in [-0.1, -0.05) is 11.6 Å². The average Bonchev–Trinajstić information content (AvgIpc) is 2.84. The van der Waals surface area contributed by atoms with Gasteiger partial charge in [0.2, 0.25) is 0 Å². The quantitative estimate of drug-likeness (QED) is 0.789. The van der Waals surface area contributed by atoms with Crippen LogP contribution in [0.1, 0.15) is 0 Å². The van der Waals surface area contributed by atoms with E-state index in [4.69, 9.17) is 17.3 Å². The van der Waals surface area contributed by atoms with Gasteiger partial charge in [-0.3, -0.25) is 4.98 Å². The largest absolute Gasteiger partial charge is 0.396 e. The fourth-order valence-electron chi connectivity index (χ4n) is 1.91. The van der Waals surface area contributed by atoms with Gasteiger partial charge in [0.15, 0.2) is 0 Å². The van der Waals surface area contributed by atoms with Crippen LogP contribution < -0.4 is 5.73 Å². The number of hydrogen-bond donors (Lipinski definition) is 1. The highest BCUT2D eigenvalue weighted by Gasteiger charge is 2.12. The highest BCUT2D eigenvalue weighted by atomic mass is 35.5. The Labute approximate surface area is 123 Å². The van der Waals surface area contributed by atoms with Crippen molar-refractivity contribution >= 4 is 17.3 Å². The zero-order valence-corrected chi connectivity index (χ0v) is 11.4. The van der Waals surface area contributed by atoms with E-state index in [2.05, 4.69) is 10.1 Å². The summed E-state index contributed by atoms with van der Waals surface area (Å²) < 4.78 is 28.1. The number of pyridine rings is 1. The number of hydrogen-bond acceptors (Lipinski definition) is 3. The van der Waals surface area contributed by atoms with Gasteiger partial charge in [0.25, 0.3) is 0 Å². The Kier molecular flexibility index (Phi) is 3.31.